The molecule has 0 radical (unpaired) electrons. The zero-order valence-corrected chi connectivity index (χ0v) is 12.5. The molecule has 0 unspecified atom stereocenters. The van der Waals surface area contributed by atoms with Crippen molar-refractivity contribution in [3.63, 3.8) is 0 Å². The van der Waals surface area contributed by atoms with Crippen LogP contribution in [0.3, 0.4) is 0 Å². The summed E-state index contributed by atoms with van der Waals surface area (Å²) >= 11 is 5.92. The molecule has 0 aliphatic carbocycles. The highest BCUT2D eigenvalue weighted by Crippen LogP contribution is 2.20. The normalized spacial score (nSPS) is 11.0. The number of nitrogens with one attached hydrogen (secondary N) is 1. The van der Waals surface area contributed by atoms with Gasteiger partial charge < -0.3 is 10.2 Å². The Hall–Kier alpha value is -0.870. The SMILES string of the molecule is CCCN(CC)CCNc1nnc(Cl)c(C)c1C. The van der Waals surface area contributed by atoms with E-state index in [2.05, 4.69) is 34.3 Å². The van der Waals surface area contributed by atoms with Crippen LogP contribution in [-0.4, -0.2) is 41.3 Å². The maximum atomic E-state index is 5.92. The van der Waals surface area contributed by atoms with Crippen LogP contribution in [0.25, 0.3) is 0 Å². The summed E-state index contributed by atoms with van der Waals surface area (Å²) in [6.07, 6.45) is 1.19. The van der Waals surface area contributed by atoms with Gasteiger partial charge in [-0.15, -0.1) is 10.2 Å². The molecule has 0 aliphatic rings. The van der Waals surface area contributed by atoms with Gasteiger partial charge in [-0.3, -0.25) is 0 Å². The molecule has 102 valence electrons. The Morgan fingerprint density at radius 3 is 2.44 bits per heavy atom. The molecule has 0 saturated carbocycles. The summed E-state index contributed by atoms with van der Waals surface area (Å²) in [5.41, 5.74) is 2.07. The number of rotatable bonds is 7. The summed E-state index contributed by atoms with van der Waals surface area (Å²) in [5, 5.41) is 11.8. The Kier molecular flexibility index (Phi) is 6.36. The van der Waals surface area contributed by atoms with Gasteiger partial charge in [0.25, 0.3) is 0 Å². The average Bonchev–Trinajstić information content (AvgIpc) is 2.37. The van der Waals surface area contributed by atoms with Crippen molar-refractivity contribution < 1.29 is 0 Å². The summed E-state index contributed by atoms with van der Waals surface area (Å²) in [6, 6.07) is 0. The minimum absolute atomic E-state index is 0.485. The molecule has 1 N–H and O–H groups in total. The lowest BCUT2D eigenvalue weighted by Gasteiger charge is -2.20. The van der Waals surface area contributed by atoms with Crippen molar-refractivity contribution in [2.45, 2.75) is 34.1 Å². The second kappa shape index (κ2) is 7.54. The zero-order chi connectivity index (χ0) is 13.5. The molecular weight excluding hydrogens is 248 g/mol. The predicted molar refractivity (Wildman–Crippen MR) is 77.4 cm³/mol. The lowest BCUT2D eigenvalue weighted by Crippen LogP contribution is -2.30. The molecule has 0 aromatic carbocycles. The molecule has 0 spiro atoms. The van der Waals surface area contributed by atoms with Gasteiger partial charge in [-0.25, -0.2) is 0 Å². The molecule has 18 heavy (non-hydrogen) atoms. The summed E-state index contributed by atoms with van der Waals surface area (Å²) in [6.45, 7) is 12.5. The first-order chi connectivity index (χ1) is 8.60. The molecule has 0 saturated heterocycles. The third-order valence-electron chi connectivity index (χ3n) is 3.17. The van der Waals surface area contributed by atoms with E-state index < -0.39 is 0 Å². The highest BCUT2D eigenvalue weighted by molar-refractivity contribution is 6.30. The third kappa shape index (κ3) is 4.10. The van der Waals surface area contributed by atoms with Crippen LogP contribution in [0.2, 0.25) is 5.15 Å². The predicted octanol–water partition coefficient (Wildman–Crippen LogP) is 2.89. The van der Waals surface area contributed by atoms with E-state index in [0.29, 0.717) is 5.15 Å². The Morgan fingerprint density at radius 1 is 1.11 bits per heavy atom. The Labute approximate surface area is 115 Å². The van der Waals surface area contributed by atoms with Gasteiger partial charge in [-0.2, -0.15) is 0 Å². The second-order valence-electron chi connectivity index (χ2n) is 4.45. The van der Waals surface area contributed by atoms with Crippen LogP contribution in [0, 0.1) is 13.8 Å². The molecule has 5 heteroatoms. The van der Waals surface area contributed by atoms with E-state index >= 15 is 0 Å². The van der Waals surface area contributed by atoms with Crippen molar-refractivity contribution >= 4 is 17.4 Å². The Bertz CT molecular complexity index is 381. The Balaban J connectivity index is 2.51. The minimum atomic E-state index is 0.485. The van der Waals surface area contributed by atoms with Gasteiger partial charge in [0.05, 0.1) is 0 Å². The summed E-state index contributed by atoms with van der Waals surface area (Å²) in [4.78, 5) is 2.42. The molecule has 0 aliphatic heterocycles. The number of hydrogen-bond donors (Lipinski definition) is 1. The zero-order valence-electron chi connectivity index (χ0n) is 11.8. The Morgan fingerprint density at radius 2 is 1.83 bits per heavy atom. The fourth-order valence-corrected chi connectivity index (χ4v) is 2.00. The van der Waals surface area contributed by atoms with Crippen molar-refractivity contribution in [2.75, 3.05) is 31.5 Å². The van der Waals surface area contributed by atoms with Crippen molar-refractivity contribution in [2.24, 2.45) is 0 Å². The van der Waals surface area contributed by atoms with Crippen molar-refractivity contribution in [3.05, 3.63) is 16.3 Å². The van der Waals surface area contributed by atoms with Crippen LogP contribution in [0.4, 0.5) is 5.82 Å². The van der Waals surface area contributed by atoms with Gasteiger partial charge >= 0.3 is 0 Å². The first-order valence-electron chi connectivity index (χ1n) is 6.55. The van der Waals surface area contributed by atoms with Gasteiger partial charge in [0, 0.05) is 13.1 Å². The average molecular weight is 271 g/mol. The molecule has 1 rings (SSSR count). The maximum Gasteiger partial charge on any atom is 0.155 e. The number of likely N-dealkylation sites (N-methyl/N-ethyl adjacent to an activating group) is 1. The van der Waals surface area contributed by atoms with Crippen molar-refractivity contribution in [1.82, 2.24) is 15.1 Å². The van der Waals surface area contributed by atoms with Gasteiger partial charge in [-0.05, 0) is 44.5 Å². The summed E-state index contributed by atoms with van der Waals surface area (Å²) < 4.78 is 0. The smallest absolute Gasteiger partial charge is 0.155 e. The lowest BCUT2D eigenvalue weighted by atomic mass is 10.2. The number of halogens is 1. The van der Waals surface area contributed by atoms with Gasteiger partial charge in [0.1, 0.15) is 0 Å². The van der Waals surface area contributed by atoms with Crippen LogP contribution < -0.4 is 5.32 Å². The first kappa shape index (κ1) is 15.2. The van der Waals surface area contributed by atoms with Crippen LogP contribution >= 0.6 is 11.6 Å². The molecular formula is C13H23ClN4. The molecule has 0 bridgehead atoms. The minimum Gasteiger partial charge on any atom is -0.367 e. The van der Waals surface area contributed by atoms with E-state index in [1.165, 1.54) is 6.42 Å². The van der Waals surface area contributed by atoms with E-state index in [4.69, 9.17) is 11.6 Å². The fraction of sp³-hybridized carbons (Fsp3) is 0.692. The van der Waals surface area contributed by atoms with Crippen molar-refractivity contribution in [1.29, 1.82) is 0 Å². The van der Waals surface area contributed by atoms with Crippen LogP contribution in [0.1, 0.15) is 31.4 Å². The van der Waals surface area contributed by atoms with Gasteiger partial charge in [-0.1, -0.05) is 25.4 Å². The van der Waals surface area contributed by atoms with Gasteiger partial charge in [0.15, 0.2) is 11.0 Å². The van der Waals surface area contributed by atoms with E-state index in [0.717, 1.165) is 43.1 Å². The van der Waals surface area contributed by atoms with E-state index in [1.807, 2.05) is 13.8 Å². The molecule has 0 atom stereocenters. The third-order valence-corrected chi connectivity index (χ3v) is 3.53. The number of anilines is 1. The first-order valence-corrected chi connectivity index (χ1v) is 6.93. The summed E-state index contributed by atoms with van der Waals surface area (Å²) in [5.74, 6) is 0.837. The second-order valence-corrected chi connectivity index (χ2v) is 4.81. The van der Waals surface area contributed by atoms with E-state index in [-0.39, 0.29) is 0 Å². The number of nitrogens with zero attached hydrogens (tertiary/aromatic N) is 3. The maximum absolute atomic E-state index is 5.92. The standard InChI is InChI=1S/C13H23ClN4/c1-5-8-18(6-2)9-7-15-13-11(4)10(3)12(14)16-17-13/h5-9H2,1-4H3,(H,15,17). The topological polar surface area (TPSA) is 41.0 Å². The van der Waals surface area contributed by atoms with Gasteiger partial charge in [0.2, 0.25) is 0 Å². The number of hydrogen-bond acceptors (Lipinski definition) is 4. The highest BCUT2D eigenvalue weighted by atomic mass is 35.5. The number of aromatic nitrogens is 2. The van der Waals surface area contributed by atoms with Crippen LogP contribution in [-0.2, 0) is 0 Å². The van der Waals surface area contributed by atoms with E-state index in [9.17, 15) is 0 Å². The van der Waals surface area contributed by atoms with E-state index in [1.54, 1.807) is 0 Å². The lowest BCUT2D eigenvalue weighted by molar-refractivity contribution is 0.300. The van der Waals surface area contributed by atoms with Crippen LogP contribution in [0.15, 0.2) is 0 Å². The molecule has 1 aromatic heterocycles. The van der Waals surface area contributed by atoms with Crippen LogP contribution in [0.5, 0.6) is 0 Å². The van der Waals surface area contributed by atoms with Crippen molar-refractivity contribution in [3.8, 4) is 0 Å². The molecule has 0 fully saturated rings. The molecule has 1 heterocycles. The molecule has 0 amide bonds. The quantitative estimate of drug-likeness (QED) is 0.827. The monoisotopic (exact) mass is 270 g/mol. The molecule has 1 aromatic rings. The largest absolute Gasteiger partial charge is 0.367 e. The fourth-order valence-electron chi connectivity index (χ4n) is 1.82. The molecule has 4 nitrogen and oxygen atoms in total. The summed E-state index contributed by atoms with van der Waals surface area (Å²) in [7, 11) is 0. The highest BCUT2D eigenvalue weighted by Gasteiger charge is 2.08.